The van der Waals surface area contributed by atoms with Crippen molar-refractivity contribution in [3.8, 4) is 16.9 Å². The summed E-state index contributed by atoms with van der Waals surface area (Å²) in [6.45, 7) is 3.64. The molecular formula is C25H22N4OS. The average molecular weight is 427 g/mol. The van der Waals surface area contributed by atoms with Gasteiger partial charge in [0.15, 0.2) is 0 Å². The molecule has 6 heteroatoms. The Labute approximate surface area is 185 Å². The van der Waals surface area contributed by atoms with Gasteiger partial charge in [0.25, 0.3) is 0 Å². The second-order valence-corrected chi connectivity index (χ2v) is 8.50. The van der Waals surface area contributed by atoms with E-state index in [9.17, 15) is 4.79 Å². The first kappa shape index (κ1) is 19.5. The lowest BCUT2D eigenvalue weighted by molar-refractivity contribution is -0.130. The molecule has 2 aromatic carbocycles. The highest BCUT2D eigenvalue weighted by atomic mass is 32.1. The minimum Gasteiger partial charge on any atom is -0.273 e. The molecule has 3 heterocycles. The van der Waals surface area contributed by atoms with Gasteiger partial charge in [0.2, 0.25) is 5.91 Å². The van der Waals surface area contributed by atoms with Gasteiger partial charge in [-0.15, -0.1) is 0 Å². The van der Waals surface area contributed by atoms with Crippen LogP contribution in [0.3, 0.4) is 0 Å². The molecule has 4 aromatic rings. The molecule has 0 N–H and O–H groups in total. The number of amides is 1. The van der Waals surface area contributed by atoms with Gasteiger partial charge < -0.3 is 0 Å². The van der Waals surface area contributed by atoms with Crippen molar-refractivity contribution in [3.63, 3.8) is 0 Å². The van der Waals surface area contributed by atoms with Crippen molar-refractivity contribution < 1.29 is 4.79 Å². The summed E-state index contributed by atoms with van der Waals surface area (Å²) in [5, 5.41) is 15.4. The normalized spacial score (nSPS) is 15.9. The third kappa shape index (κ3) is 3.70. The molecule has 5 nitrogen and oxygen atoms in total. The molecule has 1 unspecified atom stereocenters. The van der Waals surface area contributed by atoms with Crippen LogP contribution in [0.4, 0.5) is 0 Å². The molecule has 0 radical (unpaired) electrons. The summed E-state index contributed by atoms with van der Waals surface area (Å²) >= 11 is 1.64. The number of hydrogen-bond donors (Lipinski definition) is 0. The second-order valence-electron chi connectivity index (χ2n) is 7.72. The summed E-state index contributed by atoms with van der Waals surface area (Å²) in [7, 11) is 0. The SMILES string of the molecule is CC(=O)N1N=C(c2cccc(C)c2)CC1c1cn(-c2ccccc2)nc1-c1ccsc1. The molecule has 2 aromatic heterocycles. The fourth-order valence-corrected chi connectivity index (χ4v) is 4.65. The zero-order valence-electron chi connectivity index (χ0n) is 17.4. The van der Waals surface area contributed by atoms with Gasteiger partial charge in [-0.3, -0.25) is 4.79 Å². The molecule has 1 aliphatic heterocycles. The van der Waals surface area contributed by atoms with Crippen molar-refractivity contribution in [2.45, 2.75) is 26.3 Å². The number of para-hydroxylation sites is 1. The van der Waals surface area contributed by atoms with Crippen molar-refractivity contribution in [3.05, 3.63) is 94.3 Å². The predicted octanol–water partition coefficient (Wildman–Crippen LogP) is 5.61. The van der Waals surface area contributed by atoms with Crippen LogP contribution >= 0.6 is 11.3 Å². The zero-order valence-corrected chi connectivity index (χ0v) is 18.2. The first-order valence-electron chi connectivity index (χ1n) is 10.2. The number of carbonyl (C=O) groups excluding carboxylic acids is 1. The predicted molar refractivity (Wildman–Crippen MR) is 124 cm³/mol. The third-order valence-electron chi connectivity index (χ3n) is 5.50. The number of aromatic nitrogens is 2. The summed E-state index contributed by atoms with van der Waals surface area (Å²) < 4.78 is 1.89. The molecule has 5 rings (SSSR count). The molecule has 0 fully saturated rings. The molecule has 0 saturated heterocycles. The smallest absolute Gasteiger partial charge is 0.240 e. The molecule has 154 valence electrons. The summed E-state index contributed by atoms with van der Waals surface area (Å²) in [5.74, 6) is -0.0728. The van der Waals surface area contributed by atoms with Crippen LogP contribution in [-0.4, -0.2) is 26.4 Å². The Hall–Kier alpha value is -3.51. The Kier molecular flexibility index (Phi) is 5.00. The van der Waals surface area contributed by atoms with Crippen LogP contribution in [0.2, 0.25) is 0 Å². The number of benzene rings is 2. The van der Waals surface area contributed by atoms with E-state index in [-0.39, 0.29) is 11.9 Å². The highest BCUT2D eigenvalue weighted by Crippen LogP contribution is 2.38. The Morgan fingerprint density at radius 3 is 2.61 bits per heavy atom. The number of nitrogens with zero attached hydrogens (tertiary/aromatic N) is 4. The lowest BCUT2D eigenvalue weighted by atomic mass is 9.96. The number of hydrogen-bond acceptors (Lipinski definition) is 4. The second kappa shape index (κ2) is 7.96. The first-order chi connectivity index (χ1) is 15.1. The van der Waals surface area contributed by atoms with E-state index in [2.05, 4.69) is 36.6 Å². The van der Waals surface area contributed by atoms with Crippen molar-refractivity contribution >= 4 is 23.0 Å². The van der Waals surface area contributed by atoms with Gasteiger partial charge in [0, 0.05) is 36.0 Å². The summed E-state index contributed by atoms with van der Waals surface area (Å²) in [6.07, 6.45) is 2.69. The lowest BCUT2D eigenvalue weighted by Crippen LogP contribution is -2.24. The van der Waals surface area contributed by atoms with Crippen molar-refractivity contribution in [1.29, 1.82) is 0 Å². The summed E-state index contributed by atoms with van der Waals surface area (Å²) in [5.41, 5.74) is 7.09. The number of thiophene rings is 1. The van der Waals surface area contributed by atoms with E-state index in [0.29, 0.717) is 6.42 Å². The van der Waals surface area contributed by atoms with Crippen LogP contribution in [0.25, 0.3) is 16.9 Å². The Bertz CT molecular complexity index is 1260. The fourth-order valence-electron chi connectivity index (χ4n) is 4.01. The van der Waals surface area contributed by atoms with E-state index in [1.54, 1.807) is 23.3 Å². The van der Waals surface area contributed by atoms with E-state index < -0.39 is 0 Å². The molecule has 0 bridgehead atoms. The molecule has 1 aliphatic rings. The lowest BCUT2D eigenvalue weighted by Gasteiger charge is -2.20. The quantitative estimate of drug-likeness (QED) is 0.426. The Morgan fingerprint density at radius 2 is 1.90 bits per heavy atom. The van der Waals surface area contributed by atoms with Gasteiger partial charge in [-0.05, 0) is 36.1 Å². The van der Waals surface area contributed by atoms with Crippen LogP contribution in [0.1, 0.15) is 36.1 Å². The largest absolute Gasteiger partial charge is 0.273 e. The number of carbonyl (C=O) groups is 1. The van der Waals surface area contributed by atoms with Crippen molar-refractivity contribution in [2.24, 2.45) is 5.10 Å². The minimum absolute atomic E-state index is 0.0728. The van der Waals surface area contributed by atoms with Crippen molar-refractivity contribution in [1.82, 2.24) is 14.8 Å². The summed E-state index contributed by atoms with van der Waals surface area (Å²) in [4.78, 5) is 12.5. The fraction of sp³-hybridized carbons (Fsp3) is 0.160. The maximum atomic E-state index is 12.5. The molecule has 0 spiro atoms. The van der Waals surface area contributed by atoms with Gasteiger partial charge in [0.1, 0.15) is 0 Å². The number of aryl methyl sites for hydroxylation is 1. The minimum atomic E-state index is -0.194. The van der Waals surface area contributed by atoms with Gasteiger partial charge >= 0.3 is 0 Å². The molecule has 0 aliphatic carbocycles. The van der Waals surface area contributed by atoms with Crippen LogP contribution in [0.5, 0.6) is 0 Å². The first-order valence-corrected chi connectivity index (χ1v) is 11.2. The van der Waals surface area contributed by atoms with E-state index in [0.717, 1.165) is 33.8 Å². The van der Waals surface area contributed by atoms with E-state index in [1.807, 2.05) is 52.7 Å². The molecule has 31 heavy (non-hydrogen) atoms. The molecule has 1 amide bonds. The topological polar surface area (TPSA) is 50.5 Å². The van der Waals surface area contributed by atoms with Crippen LogP contribution < -0.4 is 0 Å². The highest BCUT2D eigenvalue weighted by molar-refractivity contribution is 7.08. The van der Waals surface area contributed by atoms with E-state index in [4.69, 9.17) is 10.2 Å². The van der Waals surface area contributed by atoms with Crippen molar-refractivity contribution in [2.75, 3.05) is 0 Å². The third-order valence-corrected chi connectivity index (χ3v) is 6.18. The van der Waals surface area contributed by atoms with Gasteiger partial charge in [-0.1, -0.05) is 48.0 Å². The molecule has 1 atom stereocenters. The summed E-state index contributed by atoms with van der Waals surface area (Å²) in [6, 6.07) is 20.2. The molecular weight excluding hydrogens is 404 g/mol. The van der Waals surface area contributed by atoms with E-state index >= 15 is 0 Å². The van der Waals surface area contributed by atoms with Crippen LogP contribution in [-0.2, 0) is 4.79 Å². The average Bonchev–Trinajstić information content (AvgIpc) is 3.52. The van der Waals surface area contributed by atoms with Crippen LogP contribution in [0.15, 0.2) is 82.7 Å². The molecule has 0 saturated carbocycles. The van der Waals surface area contributed by atoms with Crippen LogP contribution in [0, 0.1) is 6.92 Å². The highest BCUT2D eigenvalue weighted by Gasteiger charge is 2.34. The Balaban J connectivity index is 1.60. The number of hydrazone groups is 1. The maximum absolute atomic E-state index is 12.5. The van der Waals surface area contributed by atoms with Gasteiger partial charge in [0.05, 0.1) is 23.1 Å². The number of rotatable bonds is 4. The van der Waals surface area contributed by atoms with Gasteiger partial charge in [-0.25, -0.2) is 9.69 Å². The zero-order chi connectivity index (χ0) is 21.4. The van der Waals surface area contributed by atoms with E-state index in [1.165, 1.54) is 5.56 Å². The standard InChI is InChI=1S/C25H22N4OS/c1-17-7-6-8-19(13-17)23-14-24(29(26-23)18(2)30)22-15-28(21-9-4-3-5-10-21)27-25(22)20-11-12-31-16-20/h3-13,15-16,24H,14H2,1-2H3. The maximum Gasteiger partial charge on any atom is 0.240 e. The Morgan fingerprint density at radius 1 is 1.06 bits per heavy atom. The van der Waals surface area contributed by atoms with Gasteiger partial charge in [-0.2, -0.15) is 21.5 Å². The monoisotopic (exact) mass is 426 g/mol.